The minimum Gasteiger partial charge on any atom is -0.386 e. The first-order valence-electron chi connectivity index (χ1n) is 7.11. The Morgan fingerprint density at radius 1 is 1.26 bits per heavy atom. The van der Waals surface area contributed by atoms with Crippen LogP contribution in [0.3, 0.4) is 0 Å². The number of aliphatic hydroxyl groups excluding tert-OH is 1. The predicted molar refractivity (Wildman–Crippen MR) is 87.9 cm³/mol. The number of aryl methyl sites for hydroxylation is 1. The smallest absolute Gasteiger partial charge is 0.266 e. The Labute approximate surface area is 136 Å². The molecule has 6 heteroatoms. The summed E-state index contributed by atoms with van der Waals surface area (Å²) in [5.74, 6) is -0.426. The molecule has 3 rings (SSSR count). The average Bonchev–Trinajstić information content (AvgIpc) is 2.96. The van der Waals surface area contributed by atoms with Gasteiger partial charge in [0.05, 0.1) is 17.5 Å². The maximum atomic E-state index is 13.2. The number of halogens is 1. The first kappa shape index (κ1) is 15.6. The van der Waals surface area contributed by atoms with E-state index < -0.39 is 11.9 Å². The van der Waals surface area contributed by atoms with Gasteiger partial charge in [0.25, 0.3) is 5.56 Å². The third-order valence-electron chi connectivity index (χ3n) is 3.44. The summed E-state index contributed by atoms with van der Waals surface area (Å²) >= 11 is 1.58. The van der Waals surface area contributed by atoms with E-state index in [-0.39, 0.29) is 12.1 Å². The molecule has 0 spiro atoms. The van der Waals surface area contributed by atoms with Crippen LogP contribution in [-0.4, -0.2) is 14.9 Å². The van der Waals surface area contributed by atoms with Gasteiger partial charge in [0.1, 0.15) is 11.5 Å². The van der Waals surface area contributed by atoms with Crippen molar-refractivity contribution in [1.82, 2.24) is 9.78 Å². The summed E-state index contributed by atoms with van der Waals surface area (Å²) in [5, 5.41) is 14.5. The predicted octanol–water partition coefficient (Wildman–Crippen LogP) is 3.15. The van der Waals surface area contributed by atoms with Crippen molar-refractivity contribution < 1.29 is 9.50 Å². The molecule has 0 bridgehead atoms. The molecule has 118 valence electrons. The van der Waals surface area contributed by atoms with Gasteiger partial charge in [0.15, 0.2) is 0 Å². The Bertz CT molecular complexity index is 888. The summed E-state index contributed by atoms with van der Waals surface area (Å²) in [6.07, 6.45) is -1.00. The van der Waals surface area contributed by atoms with Crippen LogP contribution in [0.4, 0.5) is 4.39 Å². The lowest BCUT2D eigenvalue weighted by Crippen LogP contribution is -2.25. The van der Waals surface area contributed by atoms with Gasteiger partial charge >= 0.3 is 0 Å². The van der Waals surface area contributed by atoms with Gasteiger partial charge in [-0.05, 0) is 42.8 Å². The van der Waals surface area contributed by atoms with Gasteiger partial charge in [-0.25, -0.2) is 9.07 Å². The Morgan fingerprint density at radius 3 is 2.78 bits per heavy atom. The molecule has 0 fully saturated rings. The largest absolute Gasteiger partial charge is 0.386 e. The van der Waals surface area contributed by atoms with Crippen LogP contribution >= 0.6 is 11.3 Å². The van der Waals surface area contributed by atoms with Crippen LogP contribution in [0.25, 0.3) is 10.6 Å². The third kappa shape index (κ3) is 3.55. The molecule has 0 aliphatic heterocycles. The molecule has 4 nitrogen and oxygen atoms in total. The van der Waals surface area contributed by atoms with E-state index in [2.05, 4.69) is 5.10 Å². The van der Waals surface area contributed by atoms with Crippen molar-refractivity contribution in [2.75, 3.05) is 0 Å². The van der Waals surface area contributed by atoms with E-state index in [4.69, 9.17) is 0 Å². The molecule has 0 saturated carbocycles. The third-order valence-corrected chi connectivity index (χ3v) is 4.46. The maximum absolute atomic E-state index is 13.2. The molecule has 3 aromatic rings. The maximum Gasteiger partial charge on any atom is 0.266 e. The average molecular weight is 330 g/mol. The number of benzene rings is 1. The number of hydrogen-bond donors (Lipinski definition) is 1. The lowest BCUT2D eigenvalue weighted by molar-refractivity contribution is 0.149. The van der Waals surface area contributed by atoms with Crippen molar-refractivity contribution >= 4 is 11.3 Å². The number of nitrogens with zero attached hydrogens (tertiary/aromatic N) is 2. The topological polar surface area (TPSA) is 55.1 Å². The van der Waals surface area contributed by atoms with E-state index in [0.717, 1.165) is 9.75 Å². The van der Waals surface area contributed by atoms with E-state index in [1.165, 1.54) is 28.9 Å². The molecular weight excluding hydrogens is 315 g/mol. The van der Waals surface area contributed by atoms with Crippen molar-refractivity contribution in [3.63, 3.8) is 0 Å². The SMILES string of the molecule is Cc1ccc(-c2ccc(=O)n(CC(O)c3cccc(F)c3)n2)s1. The fraction of sp³-hybridized carbons (Fsp3) is 0.176. The van der Waals surface area contributed by atoms with Crippen molar-refractivity contribution in [3.8, 4) is 10.6 Å². The van der Waals surface area contributed by atoms with Crippen molar-refractivity contribution in [3.05, 3.63) is 75.1 Å². The molecule has 0 radical (unpaired) electrons. The minimum atomic E-state index is -1.00. The van der Waals surface area contributed by atoms with Gasteiger partial charge in [-0.2, -0.15) is 5.10 Å². The fourth-order valence-electron chi connectivity index (χ4n) is 2.27. The normalized spacial score (nSPS) is 12.3. The summed E-state index contributed by atoms with van der Waals surface area (Å²) in [6, 6.07) is 12.7. The molecule has 0 aliphatic carbocycles. The molecule has 1 aromatic carbocycles. The van der Waals surface area contributed by atoms with Crippen molar-refractivity contribution in [2.45, 2.75) is 19.6 Å². The van der Waals surface area contributed by atoms with Crippen LogP contribution in [-0.2, 0) is 6.54 Å². The molecule has 23 heavy (non-hydrogen) atoms. The molecule has 0 aliphatic rings. The summed E-state index contributed by atoms with van der Waals surface area (Å²) in [5.41, 5.74) is 0.780. The highest BCUT2D eigenvalue weighted by atomic mass is 32.1. The quantitative estimate of drug-likeness (QED) is 0.799. The molecule has 2 heterocycles. The molecular formula is C17H15FN2O2S. The highest BCUT2D eigenvalue weighted by Crippen LogP contribution is 2.25. The zero-order valence-corrected chi connectivity index (χ0v) is 13.3. The highest BCUT2D eigenvalue weighted by Gasteiger charge is 2.12. The fourth-order valence-corrected chi connectivity index (χ4v) is 3.10. The van der Waals surface area contributed by atoms with Crippen LogP contribution in [0.5, 0.6) is 0 Å². The summed E-state index contributed by atoms with van der Waals surface area (Å²) in [7, 11) is 0. The van der Waals surface area contributed by atoms with E-state index in [1.54, 1.807) is 23.5 Å². The zero-order valence-electron chi connectivity index (χ0n) is 12.4. The van der Waals surface area contributed by atoms with E-state index in [1.807, 2.05) is 19.1 Å². The van der Waals surface area contributed by atoms with E-state index in [9.17, 15) is 14.3 Å². The Kier molecular flexibility index (Phi) is 4.36. The molecule has 0 amide bonds. The van der Waals surface area contributed by atoms with Gasteiger partial charge in [-0.3, -0.25) is 4.79 Å². The summed E-state index contributed by atoms with van der Waals surface area (Å²) in [4.78, 5) is 14.1. The number of aromatic nitrogens is 2. The second-order valence-electron chi connectivity index (χ2n) is 5.22. The van der Waals surface area contributed by atoms with Gasteiger partial charge in [-0.15, -0.1) is 11.3 Å². The molecule has 1 atom stereocenters. The van der Waals surface area contributed by atoms with E-state index in [0.29, 0.717) is 11.3 Å². The van der Waals surface area contributed by atoms with Crippen molar-refractivity contribution in [1.29, 1.82) is 0 Å². The Balaban J connectivity index is 1.89. The molecule has 1 unspecified atom stereocenters. The van der Waals surface area contributed by atoms with Gasteiger partial charge in [-0.1, -0.05) is 12.1 Å². The summed E-state index contributed by atoms with van der Waals surface area (Å²) in [6.45, 7) is 1.97. The van der Waals surface area contributed by atoms with Gasteiger partial charge in [0, 0.05) is 10.9 Å². The molecule has 1 N–H and O–H groups in total. The monoisotopic (exact) mass is 330 g/mol. The number of thiophene rings is 1. The summed E-state index contributed by atoms with van der Waals surface area (Å²) < 4.78 is 14.4. The van der Waals surface area contributed by atoms with Crippen LogP contribution in [0.1, 0.15) is 16.5 Å². The van der Waals surface area contributed by atoms with Crippen LogP contribution in [0, 0.1) is 12.7 Å². The highest BCUT2D eigenvalue weighted by molar-refractivity contribution is 7.15. The Hall–Kier alpha value is -2.31. The molecule has 0 saturated heterocycles. The Morgan fingerprint density at radius 2 is 2.09 bits per heavy atom. The first-order chi connectivity index (χ1) is 11.0. The zero-order chi connectivity index (χ0) is 16.4. The number of aliphatic hydroxyl groups is 1. The lowest BCUT2D eigenvalue weighted by Gasteiger charge is -2.12. The van der Waals surface area contributed by atoms with Crippen LogP contribution in [0.15, 0.2) is 53.3 Å². The van der Waals surface area contributed by atoms with Crippen molar-refractivity contribution in [2.24, 2.45) is 0 Å². The standard InChI is InChI=1S/C17H15FN2O2S/c1-11-5-7-16(23-11)14-6-8-17(22)20(19-14)10-15(21)12-3-2-4-13(18)9-12/h2-9,15,21H,10H2,1H3. The number of rotatable bonds is 4. The van der Waals surface area contributed by atoms with Crippen LogP contribution in [0.2, 0.25) is 0 Å². The van der Waals surface area contributed by atoms with Crippen LogP contribution < -0.4 is 5.56 Å². The first-order valence-corrected chi connectivity index (χ1v) is 7.93. The van der Waals surface area contributed by atoms with Gasteiger partial charge < -0.3 is 5.11 Å². The van der Waals surface area contributed by atoms with E-state index >= 15 is 0 Å². The second kappa shape index (κ2) is 6.44. The molecule has 2 aromatic heterocycles. The second-order valence-corrected chi connectivity index (χ2v) is 6.51. The minimum absolute atomic E-state index is 0.0273. The lowest BCUT2D eigenvalue weighted by atomic mass is 10.1. The number of hydrogen-bond acceptors (Lipinski definition) is 4. The van der Waals surface area contributed by atoms with Gasteiger partial charge in [0.2, 0.25) is 0 Å².